The molecule has 1 aliphatic rings. The molecule has 2 N–H and O–H groups in total. The lowest BCUT2D eigenvalue weighted by Gasteiger charge is -2.38. The molecule has 0 bridgehead atoms. The van der Waals surface area contributed by atoms with Gasteiger partial charge in [-0.05, 0) is 54.9 Å². The van der Waals surface area contributed by atoms with Crippen LogP contribution in [0.15, 0.2) is 94.9 Å². The van der Waals surface area contributed by atoms with Gasteiger partial charge in [-0.2, -0.15) is 4.99 Å². The molecular weight excluding hydrogens is 426 g/mol. The molecule has 1 atom stereocenters. The second-order valence-electron chi connectivity index (χ2n) is 6.93. The molecule has 3 aromatic carbocycles. The van der Waals surface area contributed by atoms with E-state index in [4.69, 9.17) is 27.2 Å². The quantitative estimate of drug-likeness (QED) is 0.341. The van der Waals surface area contributed by atoms with Gasteiger partial charge in [0, 0.05) is 16.9 Å². The summed E-state index contributed by atoms with van der Waals surface area (Å²) in [6.07, 6.45) is -0.676. The number of hydrogen-bond donors (Lipinski definition) is 1. The number of rotatable bonds is 6. The van der Waals surface area contributed by atoms with Crippen molar-refractivity contribution >= 4 is 40.1 Å². The summed E-state index contributed by atoms with van der Waals surface area (Å²) in [4.78, 5) is 23.1. The van der Waals surface area contributed by atoms with Crippen LogP contribution in [-0.4, -0.2) is 35.0 Å². The van der Waals surface area contributed by atoms with Gasteiger partial charge in [0.25, 0.3) is 0 Å². The van der Waals surface area contributed by atoms with Crippen molar-refractivity contribution < 1.29 is 9.53 Å². The van der Waals surface area contributed by atoms with Crippen LogP contribution < -0.4 is 10.7 Å². The maximum atomic E-state index is 12.0. The number of hydrogen-bond acceptors (Lipinski definition) is 7. The smallest absolute Gasteiger partial charge is 0.338 e. The Labute approximate surface area is 191 Å². The van der Waals surface area contributed by atoms with Crippen molar-refractivity contribution in [2.24, 2.45) is 15.8 Å². The van der Waals surface area contributed by atoms with Gasteiger partial charge in [0.15, 0.2) is 5.84 Å². The number of anilines is 2. The van der Waals surface area contributed by atoms with Crippen LogP contribution in [0.3, 0.4) is 0 Å². The summed E-state index contributed by atoms with van der Waals surface area (Å²) in [6.45, 7) is 2.08. The molecule has 8 heteroatoms. The van der Waals surface area contributed by atoms with Crippen molar-refractivity contribution in [1.82, 2.24) is 5.01 Å². The Bertz CT molecular complexity index is 1090. The Balaban J connectivity index is 1.74. The SMILES string of the molecule is CCOC(=O)c1ccc(C2=NC(N(c3ccccc3)c3ccccc3)N(N)C(Cl)=N2)cc1. The average molecular weight is 448 g/mol. The Morgan fingerprint density at radius 2 is 1.56 bits per heavy atom. The summed E-state index contributed by atoms with van der Waals surface area (Å²) in [5.41, 5.74) is 2.95. The van der Waals surface area contributed by atoms with Gasteiger partial charge in [0.1, 0.15) is 0 Å². The van der Waals surface area contributed by atoms with Crippen molar-refractivity contribution in [1.29, 1.82) is 0 Å². The number of hydrazine groups is 1. The number of para-hydroxylation sites is 2. The van der Waals surface area contributed by atoms with Crippen molar-refractivity contribution in [3.63, 3.8) is 0 Å². The highest BCUT2D eigenvalue weighted by Crippen LogP contribution is 2.30. The Morgan fingerprint density at radius 1 is 1.00 bits per heavy atom. The van der Waals surface area contributed by atoms with Gasteiger partial charge in [0.2, 0.25) is 11.6 Å². The predicted molar refractivity (Wildman–Crippen MR) is 127 cm³/mol. The van der Waals surface area contributed by atoms with Crippen LogP contribution in [0.1, 0.15) is 22.8 Å². The van der Waals surface area contributed by atoms with E-state index in [9.17, 15) is 4.79 Å². The number of carbonyl (C=O) groups excluding carboxylic acids is 1. The van der Waals surface area contributed by atoms with Gasteiger partial charge in [-0.25, -0.2) is 20.6 Å². The van der Waals surface area contributed by atoms with Gasteiger partial charge in [-0.15, -0.1) is 0 Å². The molecule has 0 fully saturated rings. The minimum Gasteiger partial charge on any atom is -0.462 e. The van der Waals surface area contributed by atoms with E-state index < -0.39 is 6.29 Å². The van der Waals surface area contributed by atoms with E-state index in [1.807, 2.05) is 65.6 Å². The van der Waals surface area contributed by atoms with E-state index in [0.717, 1.165) is 11.4 Å². The molecule has 162 valence electrons. The van der Waals surface area contributed by atoms with Crippen LogP contribution in [0.2, 0.25) is 0 Å². The maximum Gasteiger partial charge on any atom is 0.338 e. The van der Waals surface area contributed by atoms with Crippen LogP contribution in [-0.2, 0) is 4.74 Å². The molecule has 0 aromatic heterocycles. The number of benzene rings is 3. The summed E-state index contributed by atoms with van der Waals surface area (Å²) in [7, 11) is 0. The minimum atomic E-state index is -0.676. The molecule has 4 rings (SSSR count). The van der Waals surface area contributed by atoms with Gasteiger partial charge >= 0.3 is 5.97 Å². The number of ether oxygens (including phenoxy) is 1. The van der Waals surface area contributed by atoms with Crippen LogP contribution in [0, 0.1) is 0 Å². The van der Waals surface area contributed by atoms with Gasteiger partial charge < -0.3 is 9.64 Å². The zero-order valence-corrected chi connectivity index (χ0v) is 18.2. The summed E-state index contributed by atoms with van der Waals surface area (Å²) < 4.78 is 5.04. The van der Waals surface area contributed by atoms with Gasteiger partial charge in [-0.1, -0.05) is 48.5 Å². The van der Waals surface area contributed by atoms with E-state index >= 15 is 0 Å². The number of esters is 1. The highest BCUT2D eigenvalue weighted by molar-refractivity contribution is 6.65. The molecule has 32 heavy (non-hydrogen) atoms. The van der Waals surface area contributed by atoms with E-state index in [1.54, 1.807) is 31.2 Å². The Kier molecular flexibility index (Phi) is 6.49. The number of nitrogens with zero attached hydrogens (tertiary/aromatic N) is 4. The fraction of sp³-hybridized carbons (Fsp3) is 0.125. The van der Waals surface area contributed by atoms with Crippen molar-refractivity contribution in [3.05, 3.63) is 96.1 Å². The molecule has 0 radical (unpaired) electrons. The molecule has 3 aromatic rings. The van der Waals surface area contributed by atoms with E-state index in [1.165, 1.54) is 5.01 Å². The number of nitrogens with two attached hydrogens (primary N) is 1. The fourth-order valence-corrected chi connectivity index (χ4v) is 3.49. The number of aliphatic imine (C=N–C) groups is 2. The molecule has 7 nitrogen and oxygen atoms in total. The first-order valence-electron chi connectivity index (χ1n) is 10.1. The van der Waals surface area contributed by atoms with Gasteiger partial charge in [0.05, 0.1) is 12.2 Å². The molecule has 0 aliphatic carbocycles. The second-order valence-corrected chi connectivity index (χ2v) is 7.26. The maximum absolute atomic E-state index is 12.0. The minimum absolute atomic E-state index is 0.103. The predicted octanol–water partition coefficient (Wildman–Crippen LogP) is 4.52. The molecule has 1 aliphatic heterocycles. The normalized spacial score (nSPS) is 15.6. The first-order chi connectivity index (χ1) is 15.6. The second kappa shape index (κ2) is 9.64. The van der Waals surface area contributed by atoms with E-state index in [-0.39, 0.29) is 11.3 Å². The van der Waals surface area contributed by atoms with Gasteiger partial charge in [-0.3, -0.25) is 0 Å². The zero-order valence-electron chi connectivity index (χ0n) is 17.4. The van der Waals surface area contributed by atoms with Crippen molar-refractivity contribution in [2.45, 2.75) is 13.2 Å². The average Bonchev–Trinajstić information content (AvgIpc) is 2.83. The van der Waals surface area contributed by atoms with E-state index in [0.29, 0.717) is 23.6 Å². The highest BCUT2D eigenvalue weighted by atomic mass is 35.5. The lowest BCUT2D eigenvalue weighted by molar-refractivity contribution is 0.0526. The standard InChI is InChI=1S/C24H22ClN5O2/c1-2-32-22(31)18-15-13-17(14-16-18)21-27-23(25)30(26)24(28-21)29(19-9-5-3-6-10-19)20-11-7-4-8-12-20/h3-16,24H,2,26H2,1H3. The van der Waals surface area contributed by atoms with Crippen LogP contribution in [0.25, 0.3) is 0 Å². The summed E-state index contributed by atoms with van der Waals surface area (Å²) >= 11 is 6.42. The number of halogens is 1. The third-order valence-corrected chi connectivity index (χ3v) is 5.13. The molecule has 0 saturated heterocycles. The molecular formula is C24H22ClN5O2. The first-order valence-corrected chi connectivity index (χ1v) is 10.5. The largest absolute Gasteiger partial charge is 0.462 e. The monoisotopic (exact) mass is 447 g/mol. The number of carbonyl (C=O) groups is 1. The topological polar surface area (TPSA) is 83.5 Å². The van der Waals surface area contributed by atoms with Crippen LogP contribution in [0.4, 0.5) is 11.4 Å². The van der Waals surface area contributed by atoms with Crippen molar-refractivity contribution in [3.8, 4) is 0 Å². The van der Waals surface area contributed by atoms with Crippen LogP contribution in [0.5, 0.6) is 0 Å². The lowest BCUT2D eigenvalue weighted by Crippen LogP contribution is -2.53. The van der Waals surface area contributed by atoms with E-state index in [2.05, 4.69) is 4.99 Å². The third kappa shape index (κ3) is 4.49. The molecule has 1 heterocycles. The third-order valence-electron chi connectivity index (χ3n) is 4.85. The Hall–Kier alpha value is -3.68. The highest BCUT2D eigenvalue weighted by Gasteiger charge is 2.30. The molecule has 0 saturated carbocycles. The summed E-state index contributed by atoms with van der Waals surface area (Å²) in [6, 6.07) is 26.5. The number of amidine groups is 2. The van der Waals surface area contributed by atoms with Crippen LogP contribution >= 0.6 is 11.6 Å². The lowest BCUT2D eigenvalue weighted by atomic mass is 10.1. The zero-order chi connectivity index (χ0) is 22.5. The summed E-state index contributed by atoms with van der Waals surface area (Å²) in [5.74, 6) is 6.33. The fourth-order valence-electron chi connectivity index (χ4n) is 3.32. The summed E-state index contributed by atoms with van der Waals surface area (Å²) in [5, 5.41) is 1.42. The molecule has 0 spiro atoms. The molecule has 1 unspecified atom stereocenters. The molecule has 0 amide bonds. The van der Waals surface area contributed by atoms with Crippen molar-refractivity contribution in [2.75, 3.05) is 11.5 Å². The first kappa shape index (κ1) is 21.5. The Morgan fingerprint density at radius 3 is 2.09 bits per heavy atom.